The maximum Gasteiger partial charge on any atom is 0.344 e. The molecule has 0 atom stereocenters. The van der Waals surface area contributed by atoms with Gasteiger partial charge in [-0.15, -0.1) is 0 Å². The first-order valence-corrected chi connectivity index (χ1v) is 13.2. The third-order valence-electron chi connectivity index (χ3n) is 6.19. The SMILES string of the molecule is CCC(=O)OCCCCCCCCCOc1ccc(C(=O)Oc2ccc(C(=O)OC)cc2)c2ccccc12. The van der Waals surface area contributed by atoms with E-state index in [4.69, 9.17) is 18.9 Å². The number of unbranched alkanes of at least 4 members (excludes halogenated alkanes) is 6. The normalized spacial score (nSPS) is 10.7. The number of benzene rings is 3. The summed E-state index contributed by atoms with van der Waals surface area (Å²) in [5.74, 6) is 0.0133. The quantitative estimate of drug-likeness (QED) is 0.122. The Labute approximate surface area is 224 Å². The lowest BCUT2D eigenvalue weighted by Crippen LogP contribution is -2.10. The summed E-state index contributed by atoms with van der Waals surface area (Å²) in [6, 6.07) is 17.4. The van der Waals surface area contributed by atoms with Gasteiger partial charge in [0.2, 0.25) is 0 Å². The second-order valence-electron chi connectivity index (χ2n) is 8.96. The van der Waals surface area contributed by atoms with Crippen LogP contribution in [0.5, 0.6) is 11.5 Å². The molecule has 0 aromatic heterocycles. The fourth-order valence-electron chi connectivity index (χ4n) is 4.07. The van der Waals surface area contributed by atoms with Gasteiger partial charge in [-0.05, 0) is 54.6 Å². The van der Waals surface area contributed by atoms with Crippen LogP contribution in [0.15, 0.2) is 60.7 Å². The molecule has 0 amide bonds. The van der Waals surface area contributed by atoms with Crippen LogP contribution >= 0.6 is 0 Å². The lowest BCUT2D eigenvalue weighted by molar-refractivity contribution is -0.143. The highest BCUT2D eigenvalue weighted by Crippen LogP contribution is 2.30. The molecule has 3 rings (SSSR count). The van der Waals surface area contributed by atoms with Crippen LogP contribution in [0.1, 0.15) is 79.0 Å². The van der Waals surface area contributed by atoms with Crippen LogP contribution < -0.4 is 9.47 Å². The van der Waals surface area contributed by atoms with E-state index in [1.54, 1.807) is 37.3 Å². The molecule has 202 valence electrons. The van der Waals surface area contributed by atoms with Gasteiger partial charge >= 0.3 is 17.9 Å². The molecule has 38 heavy (non-hydrogen) atoms. The van der Waals surface area contributed by atoms with Crippen LogP contribution in [-0.2, 0) is 14.3 Å². The summed E-state index contributed by atoms with van der Waals surface area (Å²) in [4.78, 5) is 35.6. The molecule has 0 aliphatic heterocycles. The van der Waals surface area contributed by atoms with Gasteiger partial charge in [-0.1, -0.05) is 63.3 Å². The molecule has 0 aliphatic carbocycles. The standard InChI is InChI=1S/C31H36O7/c1-3-29(32)37-22-12-8-6-4-5-7-11-21-36-28-20-19-27(25-13-9-10-14-26(25)28)31(34)38-24-17-15-23(16-18-24)30(33)35-2/h9-10,13-20H,3-8,11-12,21-22H2,1-2H3. The first kappa shape index (κ1) is 28.7. The zero-order valence-electron chi connectivity index (χ0n) is 22.2. The first-order chi connectivity index (χ1) is 18.5. The minimum absolute atomic E-state index is 0.128. The maximum absolute atomic E-state index is 12.9. The minimum Gasteiger partial charge on any atom is -0.493 e. The second-order valence-corrected chi connectivity index (χ2v) is 8.96. The molecule has 0 N–H and O–H groups in total. The first-order valence-electron chi connectivity index (χ1n) is 13.2. The van der Waals surface area contributed by atoms with E-state index in [2.05, 4.69) is 0 Å². The van der Waals surface area contributed by atoms with Gasteiger partial charge in [0.25, 0.3) is 0 Å². The summed E-state index contributed by atoms with van der Waals surface area (Å²) < 4.78 is 21.4. The Kier molecular flexibility index (Phi) is 11.6. The molecule has 7 heteroatoms. The van der Waals surface area contributed by atoms with Gasteiger partial charge in [-0.3, -0.25) is 4.79 Å². The molecule has 0 unspecified atom stereocenters. The number of esters is 3. The topological polar surface area (TPSA) is 88.1 Å². The van der Waals surface area contributed by atoms with Crippen LogP contribution in [0.3, 0.4) is 0 Å². The van der Waals surface area contributed by atoms with Gasteiger partial charge in [-0.25, -0.2) is 9.59 Å². The molecule has 0 saturated heterocycles. The average molecular weight is 521 g/mol. The van der Waals surface area contributed by atoms with Crippen LogP contribution in [0.4, 0.5) is 0 Å². The van der Waals surface area contributed by atoms with E-state index in [1.165, 1.54) is 7.11 Å². The Balaban J connectivity index is 1.46. The van der Waals surface area contributed by atoms with Crippen molar-refractivity contribution in [2.75, 3.05) is 20.3 Å². The predicted octanol–water partition coefficient (Wildman–Crippen LogP) is 6.91. The number of methoxy groups -OCH3 is 1. The third kappa shape index (κ3) is 8.61. The van der Waals surface area contributed by atoms with Crippen molar-refractivity contribution in [3.05, 3.63) is 71.8 Å². The van der Waals surface area contributed by atoms with Gasteiger partial charge in [0.15, 0.2) is 0 Å². The number of fused-ring (bicyclic) bond motifs is 1. The smallest absolute Gasteiger partial charge is 0.344 e. The molecule has 7 nitrogen and oxygen atoms in total. The lowest BCUT2D eigenvalue weighted by atomic mass is 10.0. The van der Waals surface area contributed by atoms with Gasteiger partial charge < -0.3 is 18.9 Å². The number of hydrogen-bond acceptors (Lipinski definition) is 7. The Bertz CT molecular complexity index is 1200. The Morgan fingerprint density at radius 3 is 1.97 bits per heavy atom. The van der Waals surface area contributed by atoms with E-state index in [9.17, 15) is 14.4 Å². The number of rotatable bonds is 15. The molecular weight excluding hydrogens is 484 g/mol. The van der Waals surface area contributed by atoms with Crippen molar-refractivity contribution < 1.29 is 33.3 Å². The monoisotopic (exact) mass is 520 g/mol. The molecule has 0 aliphatic rings. The molecule has 0 fully saturated rings. The van der Waals surface area contributed by atoms with E-state index in [1.807, 2.05) is 30.3 Å². The zero-order chi connectivity index (χ0) is 27.2. The highest BCUT2D eigenvalue weighted by atomic mass is 16.5. The molecule has 0 saturated carbocycles. The molecule has 3 aromatic rings. The lowest BCUT2D eigenvalue weighted by Gasteiger charge is -2.12. The van der Waals surface area contributed by atoms with Crippen molar-refractivity contribution in [2.45, 2.75) is 58.3 Å². The van der Waals surface area contributed by atoms with E-state index >= 15 is 0 Å². The van der Waals surface area contributed by atoms with E-state index < -0.39 is 11.9 Å². The fourth-order valence-corrected chi connectivity index (χ4v) is 4.07. The number of carbonyl (C=O) groups is 3. The minimum atomic E-state index is -0.484. The van der Waals surface area contributed by atoms with E-state index in [0.717, 1.165) is 61.5 Å². The van der Waals surface area contributed by atoms with Crippen LogP contribution in [0.25, 0.3) is 10.8 Å². The maximum atomic E-state index is 12.9. The second kappa shape index (κ2) is 15.4. The highest BCUT2D eigenvalue weighted by Gasteiger charge is 2.16. The number of hydrogen-bond donors (Lipinski definition) is 0. The van der Waals surface area contributed by atoms with Crippen LogP contribution in [0, 0.1) is 0 Å². The van der Waals surface area contributed by atoms with Crippen molar-refractivity contribution in [1.82, 2.24) is 0 Å². The molecule has 0 spiro atoms. The Morgan fingerprint density at radius 1 is 0.684 bits per heavy atom. The Morgan fingerprint density at radius 2 is 1.32 bits per heavy atom. The molecular formula is C31H36O7. The summed E-state index contributed by atoms with van der Waals surface area (Å²) in [7, 11) is 1.32. The van der Waals surface area contributed by atoms with E-state index in [-0.39, 0.29) is 5.97 Å². The fraction of sp³-hybridized carbons (Fsp3) is 0.387. The summed E-state index contributed by atoms with van der Waals surface area (Å²) in [5, 5.41) is 1.61. The third-order valence-corrected chi connectivity index (χ3v) is 6.19. The highest BCUT2D eigenvalue weighted by molar-refractivity contribution is 6.07. The molecule has 0 bridgehead atoms. The zero-order valence-corrected chi connectivity index (χ0v) is 22.2. The average Bonchev–Trinajstić information content (AvgIpc) is 2.95. The summed E-state index contributed by atoms with van der Waals surface area (Å²) in [6.45, 7) is 2.93. The van der Waals surface area contributed by atoms with Gasteiger partial charge in [-0.2, -0.15) is 0 Å². The van der Waals surface area contributed by atoms with Crippen LogP contribution in [-0.4, -0.2) is 38.2 Å². The van der Waals surface area contributed by atoms with Gasteiger partial charge in [0, 0.05) is 11.8 Å². The summed E-state index contributed by atoms with van der Waals surface area (Å²) in [6.07, 6.45) is 7.92. The van der Waals surface area contributed by atoms with Gasteiger partial charge in [0.1, 0.15) is 11.5 Å². The number of carbonyl (C=O) groups excluding carboxylic acids is 3. The predicted molar refractivity (Wildman–Crippen MR) is 146 cm³/mol. The van der Waals surface area contributed by atoms with Crippen molar-refractivity contribution in [3.63, 3.8) is 0 Å². The summed E-state index contributed by atoms with van der Waals surface area (Å²) >= 11 is 0. The van der Waals surface area contributed by atoms with Gasteiger partial charge in [0.05, 0.1) is 31.5 Å². The number of ether oxygens (including phenoxy) is 4. The van der Waals surface area contributed by atoms with Crippen molar-refractivity contribution >= 4 is 28.7 Å². The van der Waals surface area contributed by atoms with E-state index in [0.29, 0.717) is 36.5 Å². The largest absolute Gasteiger partial charge is 0.493 e. The van der Waals surface area contributed by atoms with Crippen LogP contribution in [0.2, 0.25) is 0 Å². The molecule has 3 aromatic carbocycles. The van der Waals surface area contributed by atoms with Crippen molar-refractivity contribution in [3.8, 4) is 11.5 Å². The summed E-state index contributed by atoms with van der Waals surface area (Å²) in [5.41, 5.74) is 0.820. The van der Waals surface area contributed by atoms with Crippen molar-refractivity contribution in [2.24, 2.45) is 0 Å². The molecule has 0 heterocycles. The molecule has 0 radical (unpaired) electrons. The Hall–Kier alpha value is -3.87. The van der Waals surface area contributed by atoms with Crippen molar-refractivity contribution in [1.29, 1.82) is 0 Å².